The highest BCUT2D eigenvalue weighted by atomic mass is 19.1. The third-order valence-electron chi connectivity index (χ3n) is 4.10. The second-order valence-corrected chi connectivity index (χ2v) is 5.34. The Morgan fingerprint density at radius 3 is 3.00 bits per heavy atom. The highest BCUT2D eigenvalue weighted by Gasteiger charge is 2.27. The maximum atomic E-state index is 13.8. The largest absolute Gasteiger partial charge is 0.340 e. The average Bonchev–Trinajstić information content (AvgIpc) is 3.18. The predicted molar refractivity (Wildman–Crippen MR) is 76.6 cm³/mol. The Morgan fingerprint density at radius 2 is 2.24 bits per heavy atom. The number of rotatable bonds is 2. The van der Waals surface area contributed by atoms with Gasteiger partial charge in [0.2, 0.25) is 5.95 Å². The van der Waals surface area contributed by atoms with Crippen LogP contribution in [0, 0.1) is 5.82 Å². The van der Waals surface area contributed by atoms with E-state index >= 15 is 0 Å². The van der Waals surface area contributed by atoms with Crippen molar-refractivity contribution in [2.24, 2.45) is 7.05 Å². The minimum Gasteiger partial charge on any atom is -0.340 e. The Bertz CT molecular complexity index is 778. The van der Waals surface area contributed by atoms with Crippen LogP contribution in [0.5, 0.6) is 0 Å². The summed E-state index contributed by atoms with van der Waals surface area (Å²) in [6.45, 7) is 1.69. The fraction of sp³-hybridized carbons (Fsp3) is 0.357. The van der Waals surface area contributed by atoms with E-state index < -0.39 is 0 Å². The van der Waals surface area contributed by atoms with E-state index in [9.17, 15) is 4.39 Å². The zero-order valence-electron chi connectivity index (χ0n) is 11.6. The van der Waals surface area contributed by atoms with Gasteiger partial charge in [-0.15, -0.1) is 0 Å². The third-order valence-corrected chi connectivity index (χ3v) is 4.10. The number of para-hydroxylation sites is 1. The zero-order chi connectivity index (χ0) is 14.4. The number of anilines is 1. The van der Waals surface area contributed by atoms with Gasteiger partial charge >= 0.3 is 0 Å². The van der Waals surface area contributed by atoms with Crippen LogP contribution in [0.4, 0.5) is 10.3 Å². The van der Waals surface area contributed by atoms with Crippen molar-refractivity contribution in [3.05, 3.63) is 36.7 Å². The van der Waals surface area contributed by atoms with Crippen LogP contribution < -0.4 is 4.90 Å². The molecule has 0 saturated carbocycles. The normalized spacial score (nSPS) is 18.8. The lowest BCUT2D eigenvalue weighted by Gasteiger charge is -2.17. The van der Waals surface area contributed by atoms with Crippen molar-refractivity contribution in [2.45, 2.75) is 12.5 Å². The van der Waals surface area contributed by atoms with E-state index in [1.54, 1.807) is 18.7 Å². The van der Waals surface area contributed by atoms with Crippen LogP contribution >= 0.6 is 0 Å². The molecule has 0 N–H and O–H groups in total. The molecule has 0 bridgehead atoms. The first kappa shape index (κ1) is 12.3. The molecule has 1 fully saturated rings. The van der Waals surface area contributed by atoms with Gasteiger partial charge in [0.05, 0.1) is 11.6 Å². The molecule has 1 unspecified atom stereocenters. The lowest BCUT2D eigenvalue weighted by molar-refractivity contribution is 0.493. The molecule has 1 saturated heterocycles. The SMILES string of the molecule is Cn1c(N2CCC(n3cncn3)C2)nc2c(F)cccc21. The van der Waals surface area contributed by atoms with Crippen LogP contribution in [0.1, 0.15) is 12.5 Å². The van der Waals surface area contributed by atoms with Crippen LogP contribution in [0.25, 0.3) is 11.0 Å². The summed E-state index contributed by atoms with van der Waals surface area (Å²) in [7, 11) is 1.92. The standard InChI is InChI=1S/C14H15FN6/c1-19-12-4-2-3-11(15)13(12)18-14(19)20-6-5-10(7-20)21-9-16-8-17-21/h2-4,8-10H,5-7H2,1H3. The average molecular weight is 286 g/mol. The van der Waals surface area contributed by atoms with Gasteiger partial charge in [0.15, 0.2) is 5.82 Å². The number of hydrogen-bond acceptors (Lipinski definition) is 4. The highest BCUT2D eigenvalue weighted by molar-refractivity contribution is 5.79. The number of hydrogen-bond donors (Lipinski definition) is 0. The monoisotopic (exact) mass is 286 g/mol. The van der Waals surface area contributed by atoms with E-state index in [1.165, 1.54) is 6.07 Å². The second kappa shape index (κ2) is 4.54. The van der Waals surface area contributed by atoms with Crippen molar-refractivity contribution >= 4 is 17.0 Å². The molecule has 0 amide bonds. The molecule has 1 atom stereocenters. The number of imidazole rings is 1. The molecule has 0 aliphatic carbocycles. The predicted octanol–water partition coefficient (Wildman–Crippen LogP) is 1.76. The van der Waals surface area contributed by atoms with Gasteiger partial charge in [-0.2, -0.15) is 5.10 Å². The van der Waals surface area contributed by atoms with Gasteiger partial charge in [0.25, 0.3) is 0 Å². The van der Waals surface area contributed by atoms with E-state index in [-0.39, 0.29) is 11.9 Å². The molecular formula is C14H15FN6. The van der Waals surface area contributed by atoms with Crippen LogP contribution in [-0.4, -0.2) is 37.4 Å². The number of aromatic nitrogens is 5. The first-order valence-corrected chi connectivity index (χ1v) is 6.94. The van der Waals surface area contributed by atoms with E-state index in [4.69, 9.17) is 0 Å². The first-order chi connectivity index (χ1) is 10.2. The molecule has 0 spiro atoms. The maximum Gasteiger partial charge on any atom is 0.206 e. The summed E-state index contributed by atoms with van der Waals surface area (Å²) in [6.07, 6.45) is 4.27. The fourth-order valence-corrected chi connectivity index (χ4v) is 3.00. The van der Waals surface area contributed by atoms with Crippen molar-refractivity contribution in [2.75, 3.05) is 18.0 Å². The smallest absolute Gasteiger partial charge is 0.206 e. The van der Waals surface area contributed by atoms with Crippen molar-refractivity contribution < 1.29 is 4.39 Å². The van der Waals surface area contributed by atoms with Gasteiger partial charge in [0.1, 0.15) is 18.2 Å². The van der Waals surface area contributed by atoms with Crippen molar-refractivity contribution in [3.8, 4) is 0 Å². The summed E-state index contributed by atoms with van der Waals surface area (Å²) in [6, 6.07) is 5.34. The van der Waals surface area contributed by atoms with Crippen LogP contribution in [-0.2, 0) is 7.05 Å². The Kier molecular flexibility index (Phi) is 2.66. The Hall–Kier alpha value is -2.44. The molecule has 6 nitrogen and oxygen atoms in total. The number of fused-ring (bicyclic) bond motifs is 1. The molecule has 0 radical (unpaired) electrons. The van der Waals surface area contributed by atoms with E-state index in [1.807, 2.05) is 22.4 Å². The molecule has 3 aromatic rings. The number of aryl methyl sites for hydroxylation is 1. The quantitative estimate of drug-likeness (QED) is 0.720. The van der Waals surface area contributed by atoms with Gasteiger partial charge in [-0.05, 0) is 18.6 Å². The number of halogens is 1. The molecule has 4 rings (SSSR count). The summed E-state index contributed by atoms with van der Waals surface area (Å²) in [4.78, 5) is 10.6. The lowest BCUT2D eigenvalue weighted by Crippen LogP contribution is -2.23. The van der Waals surface area contributed by atoms with Gasteiger partial charge in [0, 0.05) is 20.1 Å². The van der Waals surface area contributed by atoms with Gasteiger partial charge < -0.3 is 9.47 Å². The Labute approximate surface area is 120 Å². The maximum absolute atomic E-state index is 13.8. The van der Waals surface area contributed by atoms with Crippen LogP contribution in [0.2, 0.25) is 0 Å². The van der Waals surface area contributed by atoms with Gasteiger partial charge in [-0.3, -0.25) is 0 Å². The molecular weight excluding hydrogens is 271 g/mol. The first-order valence-electron chi connectivity index (χ1n) is 6.94. The van der Waals surface area contributed by atoms with Crippen molar-refractivity contribution in [1.82, 2.24) is 24.3 Å². The van der Waals surface area contributed by atoms with Gasteiger partial charge in [-0.25, -0.2) is 19.0 Å². The molecule has 21 heavy (non-hydrogen) atoms. The molecule has 1 aliphatic rings. The summed E-state index contributed by atoms with van der Waals surface area (Å²) in [5.41, 5.74) is 1.24. The van der Waals surface area contributed by atoms with E-state index in [2.05, 4.69) is 20.0 Å². The van der Waals surface area contributed by atoms with E-state index in [0.717, 1.165) is 31.0 Å². The molecule has 108 valence electrons. The van der Waals surface area contributed by atoms with Crippen molar-refractivity contribution in [3.63, 3.8) is 0 Å². The van der Waals surface area contributed by atoms with Crippen LogP contribution in [0.15, 0.2) is 30.9 Å². The summed E-state index contributed by atoms with van der Waals surface area (Å²) < 4.78 is 17.7. The minimum absolute atomic E-state index is 0.277. The number of benzene rings is 1. The van der Waals surface area contributed by atoms with Crippen molar-refractivity contribution in [1.29, 1.82) is 0 Å². The second-order valence-electron chi connectivity index (χ2n) is 5.34. The molecule has 1 aliphatic heterocycles. The highest BCUT2D eigenvalue weighted by Crippen LogP contribution is 2.28. The summed E-state index contributed by atoms with van der Waals surface area (Å²) in [5.74, 6) is 0.527. The topological polar surface area (TPSA) is 51.8 Å². The molecule has 3 heterocycles. The van der Waals surface area contributed by atoms with Crippen LogP contribution in [0.3, 0.4) is 0 Å². The third kappa shape index (κ3) is 1.88. The summed E-state index contributed by atoms with van der Waals surface area (Å²) >= 11 is 0. The minimum atomic E-state index is -0.277. The molecule has 7 heteroatoms. The number of nitrogens with zero attached hydrogens (tertiary/aromatic N) is 6. The zero-order valence-corrected chi connectivity index (χ0v) is 11.6. The Balaban J connectivity index is 1.68. The van der Waals surface area contributed by atoms with E-state index in [0.29, 0.717) is 5.52 Å². The lowest BCUT2D eigenvalue weighted by atomic mass is 10.3. The summed E-state index contributed by atoms with van der Waals surface area (Å²) in [5, 5.41) is 4.20. The Morgan fingerprint density at radius 1 is 1.33 bits per heavy atom. The molecule has 2 aromatic heterocycles. The fourth-order valence-electron chi connectivity index (χ4n) is 3.00. The molecule has 1 aromatic carbocycles. The van der Waals surface area contributed by atoms with Gasteiger partial charge in [-0.1, -0.05) is 6.07 Å².